The van der Waals surface area contributed by atoms with Gasteiger partial charge in [0.1, 0.15) is 4.83 Å². The molecule has 2 aromatic heterocycles. The van der Waals surface area contributed by atoms with Crippen LogP contribution in [0.3, 0.4) is 0 Å². The van der Waals surface area contributed by atoms with E-state index in [1.807, 2.05) is 60.0 Å². The van der Waals surface area contributed by atoms with Crippen molar-refractivity contribution in [3.63, 3.8) is 0 Å². The van der Waals surface area contributed by atoms with E-state index in [9.17, 15) is 14.7 Å². The molecule has 2 aromatic carbocycles. The van der Waals surface area contributed by atoms with E-state index in [0.717, 1.165) is 26.8 Å². The number of carbonyl (C=O) groups is 1. The molecule has 0 saturated carbocycles. The smallest absolute Gasteiger partial charge is 0.263 e. The number of aromatic nitrogens is 2. The average molecular weight is 375 g/mol. The molecule has 4 rings (SSSR count). The van der Waals surface area contributed by atoms with E-state index in [1.165, 1.54) is 24.6 Å². The Hall–Kier alpha value is -3.25. The van der Waals surface area contributed by atoms with Crippen molar-refractivity contribution in [1.29, 1.82) is 0 Å². The first-order valence-corrected chi connectivity index (χ1v) is 9.29. The Bertz CT molecular complexity index is 1180. The van der Waals surface area contributed by atoms with E-state index in [4.69, 9.17) is 0 Å². The predicted octanol–water partition coefficient (Wildman–Crippen LogP) is 3.10. The Kier molecular flexibility index (Phi) is 4.33. The lowest BCUT2D eigenvalue weighted by molar-refractivity contribution is -0.309. The van der Waals surface area contributed by atoms with Crippen LogP contribution in [-0.4, -0.2) is 15.5 Å². The number of hydrogen-bond acceptors (Lipinski definition) is 5. The van der Waals surface area contributed by atoms with E-state index >= 15 is 0 Å². The van der Waals surface area contributed by atoms with Gasteiger partial charge in [-0.05, 0) is 23.6 Å². The molecule has 2 heterocycles. The zero-order valence-electron chi connectivity index (χ0n) is 14.5. The van der Waals surface area contributed by atoms with E-state index in [1.54, 1.807) is 0 Å². The summed E-state index contributed by atoms with van der Waals surface area (Å²) < 4.78 is 1.10. The molecule has 1 atom stereocenters. The fourth-order valence-electron chi connectivity index (χ4n) is 3.02. The third-order valence-electron chi connectivity index (χ3n) is 4.58. The van der Waals surface area contributed by atoms with Gasteiger partial charge in [-0.1, -0.05) is 54.6 Å². The molecule has 0 aliphatic rings. The van der Waals surface area contributed by atoms with Crippen molar-refractivity contribution >= 4 is 27.5 Å². The summed E-state index contributed by atoms with van der Waals surface area (Å²) in [6, 6.07) is 16.9. The summed E-state index contributed by atoms with van der Waals surface area (Å²) in [5.74, 6) is -1.32. The van der Waals surface area contributed by atoms with Crippen LogP contribution in [-0.2, 0) is 4.79 Å². The molecule has 0 radical (unpaired) electrons. The van der Waals surface area contributed by atoms with Gasteiger partial charge in [0.15, 0.2) is 0 Å². The molecule has 0 bridgehead atoms. The van der Waals surface area contributed by atoms with Gasteiger partial charge in [-0.3, -0.25) is 9.36 Å². The van der Waals surface area contributed by atoms with Gasteiger partial charge in [-0.2, -0.15) is 0 Å². The highest BCUT2D eigenvalue weighted by atomic mass is 32.1. The summed E-state index contributed by atoms with van der Waals surface area (Å²) in [6.45, 7) is 1.41. The maximum absolute atomic E-state index is 12.9. The van der Waals surface area contributed by atoms with Crippen molar-refractivity contribution in [3.8, 4) is 22.3 Å². The first-order chi connectivity index (χ1) is 13.1. The molecule has 0 saturated heterocycles. The minimum absolute atomic E-state index is 0.375. The summed E-state index contributed by atoms with van der Waals surface area (Å²) in [5.41, 5.74) is 3.47. The minimum atomic E-state index is -1.32. The minimum Gasteiger partial charge on any atom is -0.548 e. The SMILES string of the molecule is C[C@@H](C(=O)[O-])n1cnc2scc(-c3ccc(-c4ccccc4)cc3)c2c1=O. The lowest BCUT2D eigenvalue weighted by Gasteiger charge is -2.15. The summed E-state index contributed by atoms with van der Waals surface area (Å²) in [7, 11) is 0. The first-order valence-electron chi connectivity index (χ1n) is 8.41. The quantitative estimate of drug-likeness (QED) is 0.549. The van der Waals surface area contributed by atoms with Gasteiger partial charge in [0, 0.05) is 10.9 Å². The lowest BCUT2D eigenvalue weighted by Crippen LogP contribution is -2.36. The normalized spacial score (nSPS) is 12.2. The van der Waals surface area contributed by atoms with Crippen LogP contribution in [0.1, 0.15) is 13.0 Å². The second-order valence-electron chi connectivity index (χ2n) is 6.22. The number of thiophene rings is 1. The summed E-state index contributed by atoms with van der Waals surface area (Å²) >= 11 is 1.36. The van der Waals surface area contributed by atoms with Crippen LogP contribution in [0, 0.1) is 0 Å². The molecular weight excluding hydrogens is 360 g/mol. The van der Waals surface area contributed by atoms with E-state index in [0.29, 0.717) is 10.2 Å². The van der Waals surface area contributed by atoms with Crippen LogP contribution in [0.4, 0.5) is 0 Å². The Balaban J connectivity index is 1.81. The predicted molar refractivity (Wildman–Crippen MR) is 104 cm³/mol. The Morgan fingerprint density at radius 1 is 1.04 bits per heavy atom. The first kappa shape index (κ1) is 17.2. The fraction of sp³-hybridized carbons (Fsp3) is 0.0952. The maximum Gasteiger partial charge on any atom is 0.263 e. The Morgan fingerprint density at radius 3 is 2.33 bits per heavy atom. The van der Waals surface area contributed by atoms with Gasteiger partial charge in [0.05, 0.1) is 23.7 Å². The molecule has 0 N–H and O–H groups in total. The number of benzene rings is 2. The molecule has 134 valence electrons. The Labute approximate surface area is 159 Å². The summed E-state index contributed by atoms with van der Waals surface area (Å²) in [6.07, 6.45) is 1.27. The van der Waals surface area contributed by atoms with Gasteiger partial charge in [-0.25, -0.2) is 4.98 Å². The maximum atomic E-state index is 12.9. The molecule has 0 aliphatic carbocycles. The molecule has 27 heavy (non-hydrogen) atoms. The standard InChI is InChI=1S/C21H16N2O3S/c1-13(21(25)26)23-12-22-19-18(20(23)24)17(11-27-19)16-9-7-15(8-10-16)14-5-3-2-4-6-14/h2-13H,1H3,(H,25,26)/p-1/t13-/m0/s1. The van der Waals surface area contributed by atoms with Crippen molar-refractivity contribution in [3.05, 3.63) is 76.7 Å². The number of carbonyl (C=O) groups excluding carboxylic acids is 1. The van der Waals surface area contributed by atoms with Crippen LogP contribution in [0.2, 0.25) is 0 Å². The fourth-order valence-corrected chi connectivity index (χ4v) is 3.93. The molecule has 0 amide bonds. The number of aliphatic carboxylic acids is 1. The molecular formula is C21H15N2O3S-. The van der Waals surface area contributed by atoms with Crippen molar-refractivity contribution in [2.75, 3.05) is 0 Å². The van der Waals surface area contributed by atoms with Gasteiger partial charge in [-0.15, -0.1) is 11.3 Å². The van der Waals surface area contributed by atoms with Crippen molar-refractivity contribution in [2.45, 2.75) is 13.0 Å². The van der Waals surface area contributed by atoms with Crippen LogP contribution in [0.25, 0.3) is 32.5 Å². The number of fused-ring (bicyclic) bond motifs is 1. The summed E-state index contributed by atoms with van der Waals surface area (Å²) in [4.78, 5) is 28.8. The highest BCUT2D eigenvalue weighted by molar-refractivity contribution is 7.17. The zero-order chi connectivity index (χ0) is 19.0. The van der Waals surface area contributed by atoms with Crippen LogP contribution in [0.15, 0.2) is 71.1 Å². The highest BCUT2D eigenvalue weighted by Gasteiger charge is 2.16. The number of carboxylic acids is 1. The van der Waals surface area contributed by atoms with Gasteiger partial charge < -0.3 is 9.90 Å². The molecule has 0 fully saturated rings. The largest absolute Gasteiger partial charge is 0.548 e. The van der Waals surface area contributed by atoms with Gasteiger partial charge in [0.25, 0.3) is 5.56 Å². The molecule has 0 aliphatic heterocycles. The third kappa shape index (κ3) is 3.04. The Morgan fingerprint density at radius 2 is 1.67 bits per heavy atom. The highest BCUT2D eigenvalue weighted by Crippen LogP contribution is 2.32. The number of rotatable bonds is 4. The van der Waals surface area contributed by atoms with Crippen LogP contribution < -0.4 is 10.7 Å². The number of nitrogens with zero attached hydrogens (tertiary/aromatic N) is 2. The van der Waals surface area contributed by atoms with E-state index in [2.05, 4.69) is 4.98 Å². The van der Waals surface area contributed by atoms with Crippen LogP contribution >= 0.6 is 11.3 Å². The third-order valence-corrected chi connectivity index (χ3v) is 5.47. The monoisotopic (exact) mass is 375 g/mol. The second-order valence-corrected chi connectivity index (χ2v) is 7.08. The van der Waals surface area contributed by atoms with E-state index < -0.39 is 12.0 Å². The summed E-state index contributed by atoms with van der Waals surface area (Å²) in [5, 5.41) is 13.5. The molecule has 0 unspecified atom stereocenters. The number of carboxylic acid groups (broad SMARTS) is 1. The lowest BCUT2D eigenvalue weighted by atomic mass is 10.0. The van der Waals surface area contributed by atoms with Crippen molar-refractivity contribution in [2.24, 2.45) is 0 Å². The number of hydrogen-bond donors (Lipinski definition) is 0. The van der Waals surface area contributed by atoms with Gasteiger partial charge >= 0.3 is 0 Å². The van der Waals surface area contributed by atoms with Crippen LogP contribution in [0.5, 0.6) is 0 Å². The van der Waals surface area contributed by atoms with Crippen molar-refractivity contribution in [1.82, 2.24) is 9.55 Å². The molecule has 6 heteroatoms. The average Bonchev–Trinajstić information content (AvgIpc) is 3.13. The second kappa shape index (κ2) is 6.81. The van der Waals surface area contributed by atoms with E-state index in [-0.39, 0.29) is 5.56 Å². The van der Waals surface area contributed by atoms with Gasteiger partial charge in [0.2, 0.25) is 0 Å². The van der Waals surface area contributed by atoms with Crippen molar-refractivity contribution < 1.29 is 9.90 Å². The zero-order valence-corrected chi connectivity index (χ0v) is 15.3. The molecule has 0 spiro atoms. The topological polar surface area (TPSA) is 75.0 Å². The molecule has 4 aromatic rings. The molecule has 5 nitrogen and oxygen atoms in total.